The standard InChI is InChI=1S/C22H22F4N2O3S/c23-18-9-7-15(8-10-18)20(29)27-21-11-2-1-4-17(21)13-28(14-21)32(30,31)19-6-3-5-16(12-19)22(24,25)26/h3,5-10,12,17H,1-2,4,11,13-14H2,(H,27,29)/t17-,21-/m0/s1. The lowest BCUT2D eigenvalue weighted by Crippen LogP contribution is -2.55. The molecule has 2 atom stereocenters. The molecule has 0 bridgehead atoms. The van der Waals surface area contributed by atoms with Crippen LogP contribution in [0.1, 0.15) is 41.6 Å². The first kappa shape index (κ1) is 22.7. The molecule has 1 N–H and O–H groups in total. The van der Waals surface area contributed by atoms with E-state index >= 15 is 0 Å². The number of nitrogens with one attached hydrogen (secondary N) is 1. The van der Waals surface area contributed by atoms with Gasteiger partial charge in [-0.1, -0.05) is 18.9 Å². The molecule has 2 aromatic rings. The number of amides is 1. The molecule has 0 unspecified atom stereocenters. The minimum absolute atomic E-state index is 0.0246. The summed E-state index contributed by atoms with van der Waals surface area (Å²) in [6.45, 7) is 0.0887. The van der Waals surface area contributed by atoms with Crippen molar-refractivity contribution in [2.24, 2.45) is 5.92 Å². The summed E-state index contributed by atoms with van der Waals surface area (Å²) in [7, 11) is -4.19. The van der Waals surface area contributed by atoms with Crippen LogP contribution < -0.4 is 5.32 Å². The first-order chi connectivity index (χ1) is 15.0. The number of halogens is 4. The van der Waals surface area contributed by atoms with Crippen LogP contribution in [0.3, 0.4) is 0 Å². The fourth-order valence-electron chi connectivity index (χ4n) is 4.68. The van der Waals surface area contributed by atoms with Gasteiger partial charge in [0.25, 0.3) is 5.91 Å². The Kier molecular flexibility index (Phi) is 5.79. The molecule has 0 radical (unpaired) electrons. The van der Waals surface area contributed by atoms with Gasteiger partial charge in [-0.2, -0.15) is 17.5 Å². The molecule has 1 amide bonds. The molecular formula is C22H22F4N2O3S. The zero-order chi connectivity index (χ0) is 23.1. The second-order valence-electron chi connectivity index (χ2n) is 8.38. The predicted molar refractivity (Wildman–Crippen MR) is 109 cm³/mol. The first-order valence-corrected chi connectivity index (χ1v) is 11.7. The molecule has 1 saturated carbocycles. The number of sulfonamides is 1. The van der Waals surface area contributed by atoms with Gasteiger partial charge in [-0.25, -0.2) is 12.8 Å². The van der Waals surface area contributed by atoms with E-state index in [1.165, 1.54) is 28.6 Å². The second-order valence-corrected chi connectivity index (χ2v) is 10.3. The average molecular weight is 470 g/mol. The van der Waals surface area contributed by atoms with Gasteiger partial charge in [0.15, 0.2) is 0 Å². The molecule has 2 aromatic carbocycles. The van der Waals surface area contributed by atoms with Crippen molar-refractivity contribution in [1.29, 1.82) is 0 Å². The Labute approximate surface area is 183 Å². The van der Waals surface area contributed by atoms with Gasteiger partial charge >= 0.3 is 6.18 Å². The Balaban J connectivity index is 1.61. The molecule has 2 fully saturated rings. The van der Waals surface area contributed by atoms with Crippen LogP contribution >= 0.6 is 0 Å². The number of benzene rings is 2. The quantitative estimate of drug-likeness (QED) is 0.681. The number of rotatable bonds is 4. The molecule has 0 spiro atoms. The highest BCUT2D eigenvalue weighted by Crippen LogP contribution is 2.42. The third-order valence-corrected chi connectivity index (χ3v) is 8.17. The third-order valence-electron chi connectivity index (χ3n) is 6.36. The van der Waals surface area contributed by atoms with Gasteiger partial charge in [-0.15, -0.1) is 0 Å². The zero-order valence-corrected chi connectivity index (χ0v) is 17.8. The van der Waals surface area contributed by atoms with Crippen molar-refractivity contribution in [2.45, 2.75) is 42.3 Å². The van der Waals surface area contributed by atoms with Crippen molar-refractivity contribution in [2.75, 3.05) is 13.1 Å². The molecule has 10 heteroatoms. The molecule has 1 aliphatic carbocycles. The lowest BCUT2D eigenvalue weighted by atomic mass is 9.75. The van der Waals surface area contributed by atoms with Crippen molar-refractivity contribution in [3.8, 4) is 0 Å². The summed E-state index contributed by atoms with van der Waals surface area (Å²) >= 11 is 0. The minimum atomic E-state index is -4.66. The van der Waals surface area contributed by atoms with Crippen molar-refractivity contribution in [1.82, 2.24) is 9.62 Å². The number of hydrogen-bond donors (Lipinski definition) is 1. The minimum Gasteiger partial charge on any atom is -0.345 e. The van der Waals surface area contributed by atoms with E-state index in [0.29, 0.717) is 18.9 Å². The van der Waals surface area contributed by atoms with Gasteiger partial charge in [0.1, 0.15) is 5.82 Å². The van der Waals surface area contributed by atoms with Crippen LogP contribution in [-0.2, 0) is 16.2 Å². The Morgan fingerprint density at radius 3 is 2.50 bits per heavy atom. The Morgan fingerprint density at radius 2 is 1.81 bits per heavy atom. The van der Waals surface area contributed by atoms with Crippen LogP contribution in [-0.4, -0.2) is 37.3 Å². The van der Waals surface area contributed by atoms with Crippen molar-refractivity contribution >= 4 is 15.9 Å². The van der Waals surface area contributed by atoms with Crippen LogP contribution in [0.25, 0.3) is 0 Å². The predicted octanol–water partition coefficient (Wildman–Crippen LogP) is 4.21. The molecule has 32 heavy (non-hydrogen) atoms. The lowest BCUT2D eigenvalue weighted by molar-refractivity contribution is -0.137. The molecule has 172 valence electrons. The van der Waals surface area contributed by atoms with Crippen LogP contribution in [0.2, 0.25) is 0 Å². The molecule has 1 heterocycles. The van der Waals surface area contributed by atoms with E-state index in [4.69, 9.17) is 0 Å². The van der Waals surface area contributed by atoms with Gasteiger partial charge in [-0.05, 0) is 61.2 Å². The van der Waals surface area contributed by atoms with Crippen molar-refractivity contribution in [3.63, 3.8) is 0 Å². The van der Waals surface area contributed by atoms with Gasteiger partial charge in [0, 0.05) is 18.7 Å². The number of nitrogens with zero attached hydrogens (tertiary/aromatic N) is 1. The van der Waals surface area contributed by atoms with Crippen LogP contribution in [0, 0.1) is 11.7 Å². The third kappa shape index (κ3) is 4.25. The fourth-order valence-corrected chi connectivity index (χ4v) is 6.28. The highest BCUT2D eigenvalue weighted by molar-refractivity contribution is 7.89. The first-order valence-electron chi connectivity index (χ1n) is 10.3. The highest BCUT2D eigenvalue weighted by Gasteiger charge is 2.52. The van der Waals surface area contributed by atoms with E-state index in [-0.39, 0.29) is 24.6 Å². The van der Waals surface area contributed by atoms with Crippen molar-refractivity contribution < 1.29 is 30.8 Å². The maximum absolute atomic E-state index is 13.2. The summed E-state index contributed by atoms with van der Waals surface area (Å²) in [4.78, 5) is 12.4. The number of carbonyl (C=O) groups is 1. The molecule has 1 aliphatic heterocycles. The molecule has 2 aliphatic rings. The number of carbonyl (C=O) groups excluding carboxylic acids is 1. The van der Waals surface area contributed by atoms with Gasteiger partial charge in [0.2, 0.25) is 10.0 Å². The smallest absolute Gasteiger partial charge is 0.345 e. The monoisotopic (exact) mass is 470 g/mol. The van der Waals surface area contributed by atoms with Crippen LogP contribution in [0.15, 0.2) is 53.4 Å². The molecule has 1 saturated heterocycles. The average Bonchev–Trinajstić information content (AvgIpc) is 3.14. The van der Waals surface area contributed by atoms with Gasteiger partial charge in [-0.3, -0.25) is 4.79 Å². The summed E-state index contributed by atoms with van der Waals surface area (Å²) in [5, 5.41) is 2.97. The summed E-state index contributed by atoms with van der Waals surface area (Å²) in [5.41, 5.74) is -1.60. The Bertz CT molecular complexity index is 1120. The molecule has 5 nitrogen and oxygen atoms in total. The van der Waals surface area contributed by atoms with E-state index < -0.39 is 43.9 Å². The molecular weight excluding hydrogens is 448 g/mol. The Morgan fingerprint density at radius 1 is 1.09 bits per heavy atom. The molecule has 4 rings (SSSR count). The second kappa shape index (κ2) is 8.15. The lowest BCUT2D eigenvalue weighted by Gasteiger charge is -2.39. The number of hydrogen-bond acceptors (Lipinski definition) is 3. The van der Waals surface area contributed by atoms with E-state index in [0.717, 1.165) is 31.0 Å². The van der Waals surface area contributed by atoms with Crippen LogP contribution in [0.5, 0.6) is 0 Å². The maximum Gasteiger partial charge on any atom is 0.416 e. The number of fused-ring (bicyclic) bond motifs is 1. The highest BCUT2D eigenvalue weighted by atomic mass is 32.2. The summed E-state index contributed by atoms with van der Waals surface area (Å²) in [6, 6.07) is 8.74. The zero-order valence-electron chi connectivity index (χ0n) is 17.0. The SMILES string of the molecule is O=C(N[C@]12CCCC[C@H]1CN(S(=O)(=O)c1cccc(C(F)(F)F)c1)C2)c1ccc(F)cc1. The molecule has 0 aromatic heterocycles. The normalized spacial score (nSPS) is 24.2. The Hall–Kier alpha value is -2.46. The maximum atomic E-state index is 13.2. The van der Waals surface area contributed by atoms with E-state index in [1.54, 1.807) is 0 Å². The largest absolute Gasteiger partial charge is 0.416 e. The van der Waals surface area contributed by atoms with E-state index in [2.05, 4.69) is 5.32 Å². The number of alkyl halides is 3. The van der Waals surface area contributed by atoms with Gasteiger partial charge in [0.05, 0.1) is 16.0 Å². The van der Waals surface area contributed by atoms with E-state index in [9.17, 15) is 30.8 Å². The van der Waals surface area contributed by atoms with Crippen LogP contribution in [0.4, 0.5) is 17.6 Å². The summed E-state index contributed by atoms with van der Waals surface area (Å²) in [5.74, 6) is -1.08. The van der Waals surface area contributed by atoms with Gasteiger partial charge < -0.3 is 5.32 Å². The van der Waals surface area contributed by atoms with Crippen molar-refractivity contribution in [3.05, 3.63) is 65.5 Å². The summed E-state index contributed by atoms with van der Waals surface area (Å²) in [6.07, 6.45) is -1.75. The van der Waals surface area contributed by atoms with E-state index in [1.807, 2.05) is 0 Å². The topological polar surface area (TPSA) is 66.5 Å². The fraction of sp³-hybridized carbons (Fsp3) is 0.409. The summed E-state index contributed by atoms with van der Waals surface area (Å²) < 4.78 is 80.0.